The zero-order valence-corrected chi connectivity index (χ0v) is 21.7. The number of nitrogens with zero attached hydrogens (tertiary/aromatic N) is 6. The van der Waals surface area contributed by atoms with E-state index in [-0.39, 0.29) is 17.8 Å². The molecule has 2 aromatic carbocycles. The van der Waals surface area contributed by atoms with Crippen LogP contribution in [0.4, 0.5) is 11.4 Å². The largest absolute Gasteiger partial charge is 0.494 e. The molecule has 11 nitrogen and oxygen atoms in total. The van der Waals surface area contributed by atoms with Crippen LogP contribution in [0.3, 0.4) is 0 Å². The van der Waals surface area contributed by atoms with Crippen LogP contribution in [0.5, 0.6) is 5.88 Å². The summed E-state index contributed by atoms with van der Waals surface area (Å²) in [5.74, 6) is -0.437. The van der Waals surface area contributed by atoms with E-state index in [4.69, 9.17) is 0 Å². The Kier molecular flexibility index (Phi) is 6.77. The lowest BCUT2D eigenvalue weighted by molar-refractivity contribution is 0.313. The van der Waals surface area contributed by atoms with E-state index >= 15 is 0 Å². The third-order valence-electron chi connectivity index (χ3n) is 7.22. The fraction of sp³-hybridized carbons (Fsp3) is 0.333. The van der Waals surface area contributed by atoms with Gasteiger partial charge in [0.2, 0.25) is 5.88 Å². The Hall–Kier alpha value is -4.38. The smallest absolute Gasteiger partial charge is 0.331 e. The number of piperazine rings is 1. The number of nitrogens with one attached hydrogen (secondary N) is 1. The second-order valence-electron chi connectivity index (χ2n) is 9.66. The van der Waals surface area contributed by atoms with Crippen molar-refractivity contribution in [3.05, 3.63) is 84.9 Å². The third-order valence-corrected chi connectivity index (χ3v) is 7.22. The predicted octanol–water partition coefficient (Wildman–Crippen LogP) is 1.18. The maximum Gasteiger partial charge on any atom is 0.331 e. The number of imidazole rings is 1. The van der Waals surface area contributed by atoms with Crippen molar-refractivity contribution in [1.82, 2.24) is 23.6 Å². The van der Waals surface area contributed by atoms with Crippen molar-refractivity contribution in [3.63, 3.8) is 0 Å². The number of aryl methyl sites for hydroxylation is 3. The number of aromatic hydroxyl groups is 1. The van der Waals surface area contributed by atoms with Crippen LogP contribution in [0.15, 0.2) is 61.8 Å². The Morgan fingerprint density at radius 2 is 1.61 bits per heavy atom. The fourth-order valence-electron chi connectivity index (χ4n) is 4.85. The maximum atomic E-state index is 12.7. The van der Waals surface area contributed by atoms with E-state index in [1.165, 1.54) is 6.21 Å². The van der Waals surface area contributed by atoms with Crippen LogP contribution in [0.1, 0.15) is 11.1 Å². The molecule has 4 aromatic rings. The number of rotatable bonds is 6. The zero-order valence-electron chi connectivity index (χ0n) is 21.7. The number of fused-ring (bicyclic) bond motifs is 1. The van der Waals surface area contributed by atoms with Gasteiger partial charge in [0.25, 0.3) is 5.56 Å². The molecule has 0 radical (unpaired) electrons. The van der Waals surface area contributed by atoms with Crippen LogP contribution < -0.4 is 21.8 Å². The summed E-state index contributed by atoms with van der Waals surface area (Å²) in [5, 5.41) is 10.9. The standard InChI is InChI=1S/C27H31N7O4/c1-30-11-13-33(14-12-30)21-16-23-22(31(2)27(38)32(23)3)15-20(21)28-17-19-24(35)29-26(37)34(25(19)36)10-9-18-7-5-4-6-8-18/h4-8,15-17,36H,9-14H2,1-3H3,(H,29,35,37). The fourth-order valence-corrected chi connectivity index (χ4v) is 4.85. The number of likely N-dealkylation sites (N-methyl/N-ethyl adjacent to an activating group) is 1. The molecule has 11 heteroatoms. The highest BCUT2D eigenvalue weighted by atomic mass is 16.3. The Morgan fingerprint density at radius 3 is 2.29 bits per heavy atom. The van der Waals surface area contributed by atoms with Crippen molar-refractivity contribution in [2.24, 2.45) is 19.1 Å². The monoisotopic (exact) mass is 517 g/mol. The summed E-state index contributed by atoms with van der Waals surface area (Å²) < 4.78 is 4.29. The van der Waals surface area contributed by atoms with Crippen LogP contribution >= 0.6 is 0 Å². The number of hydrogen-bond acceptors (Lipinski definition) is 7. The quantitative estimate of drug-likeness (QED) is 0.371. The van der Waals surface area contributed by atoms with Gasteiger partial charge in [0.05, 0.1) is 22.4 Å². The molecule has 2 aromatic heterocycles. The van der Waals surface area contributed by atoms with Crippen LogP contribution in [0.2, 0.25) is 0 Å². The predicted molar refractivity (Wildman–Crippen MR) is 148 cm³/mol. The number of aliphatic imine (C=N–C) groups is 1. The molecule has 0 amide bonds. The summed E-state index contributed by atoms with van der Waals surface area (Å²) in [7, 11) is 5.51. The van der Waals surface area contributed by atoms with Crippen molar-refractivity contribution in [2.75, 3.05) is 38.1 Å². The van der Waals surface area contributed by atoms with Gasteiger partial charge < -0.3 is 14.9 Å². The van der Waals surface area contributed by atoms with E-state index in [1.807, 2.05) is 42.5 Å². The minimum absolute atomic E-state index is 0.107. The number of hydrogen-bond donors (Lipinski definition) is 2. The van der Waals surface area contributed by atoms with E-state index < -0.39 is 17.1 Å². The summed E-state index contributed by atoms with van der Waals surface area (Å²) in [6.07, 6.45) is 1.79. The van der Waals surface area contributed by atoms with Gasteiger partial charge in [0.1, 0.15) is 5.56 Å². The van der Waals surface area contributed by atoms with Crippen LogP contribution in [0, 0.1) is 0 Å². The molecule has 3 heterocycles. The number of benzene rings is 2. The van der Waals surface area contributed by atoms with Gasteiger partial charge in [-0.25, -0.2) is 9.59 Å². The molecule has 0 atom stereocenters. The first kappa shape index (κ1) is 25.3. The second-order valence-corrected chi connectivity index (χ2v) is 9.66. The van der Waals surface area contributed by atoms with Gasteiger partial charge in [-0.05, 0) is 31.2 Å². The molecule has 5 rings (SSSR count). The van der Waals surface area contributed by atoms with Crippen LogP contribution in [-0.4, -0.2) is 68.1 Å². The van der Waals surface area contributed by atoms with Crippen LogP contribution in [-0.2, 0) is 27.1 Å². The first-order valence-electron chi connectivity index (χ1n) is 12.5. The number of aromatic amines is 1. The molecule has 1 aliphatic rings. The lowest BCUT2D eigenvalue weighted by atomic mass is 10.1. The molecule has 38 heavy (non-hydrogen) atoms. The van der Waals surface area contributed by atoms with E-state index in [0.29, 0.717) is 17.6 Å². The van der Waals surface area contributed by atoms with Crippen molar-refractivity contribution in [1.29, 1.82) is 0 Å². The normalized spacial score (nSPS) is 14.7. The lowest BCUT2D eigenvalue weighted by Gasteiger charge is -2.34. The molecule has 1 saturated heterocycles. The van der Waals surface area contributed by atoms with Gasteiger partial charge in [-0.15, -0.1) is 0 Å². The average Bonchev–Trinajstić information content (AvgIpc) is 3.12. The van der Waals surface area contributed by atoms with Gasteiger partial charge in [-0.3, -0.25) is 28.5 Å². The Balaban J connectivity index is 1.56. The van der Waals surface area contributed by atoms with E-state index in [2.05, 4.69) is 26.8 Å². The molecule has 0 bridgehead atoms. The lowest BCUT2D eigenvalue weighted by Crippen LogP contribution is -2.44. The average molecular weight is 518 g/mol. The van der Waals surface area contributed by atoms with Crippen molar-refractivity contribution >= 4 is 28.6 Å². The van der Waals surface area contributed by atoms with Crippen LogP contribution in [0.25, 0.3) is 11.0 Å². The first-order chi connectivity index (χ1) is 18.2. The summed E-state index contributed by atoms with van der Waals surface area (Å²) in [6, 6.07) is 13.3. The zero-order chi connectivity index (χ0) is 27.0. The molecular weight excluding hydrogens is 486 g/mol. The number of H-pyrrole nitrogens is 1. The number of aromatic nitrogens is 4. The van der Waals surface area contributed by atoms with E-state index in [1.54, 1.807) is 23.2 Å². The van der Waals surface area contributed by atoms with Gasteiger partial charge in [-0.2, -0.15) is 0 Å². The molecule has 1 fully saturated rings. The van der Waals surface area contributed by atoms with Crippen molar-refractivity contribution in [2.45, 2.75) is 13.0 Å². The summed E-state index contributed by atoms with van der Waals surface area (Å²) in [6.45, 7) is 3.50. The minimum atomic E-state index is -0.721. The van der Waals surface area contributed by atoms with Crippen molar-refractivity contribution < 1.29 is 5.11 Å². The number of anilines is 1. The topological polar surface area (TPSA) is 121 Å². The third kappa shape index (κ3) is 4.68. The molecule has 2 N–H and O–H groups in total. The molecule has 198 valence electrons. The molecule has 0 unspecified atom stereocenters. The van der Waals surface area contributed by atoms with Gasteiger partial charge >= 0.3 is 11.4 Å². The Morgan fingerprint density at radius 1 is 0.947 bits per heavy atom. The summed E-state index contributed by atoms with van der Waals surface area (Å²) in [4.78, 5) is 49.1. The van der Waals surface area contributed by atoms with E-state index in [0.717, 1.165) is 47.5 Å². The second kappa shape index (κ2) is 10.2. The maximum absolute atomic E-state index is 12.7. The highest BCUT2D eigenvalue weighted by Gasteiger charge is 2.20. The molecule has 1 aliphatic heterocycles. The summed E-state index contributed by atoms with van der Waals surface area (Å²) >= 11 is 0. The van der Waals surface area contributed by atoms with Gasteiger partial charge in [0, 0.05) is 53.0 Å². The Labute approximate surface area is 218 Å². The first-order valence-corrected chi connectivity index (χ1v) is 12.5. The van der Waals surface area contributed by atoms with Crippen molar-refractivity contribution in [3.8, 4) is 5.88 Å². The molecule has 0 saturated carbocycles. The van der Waals surface area contributed by atoms with E-state index in [9.17, 15) is 19.5 Å². The highest BCUT2D eigenvalue weighted by molar-refractivity contribution is 5.91. The minimum Gasteiger partial charge on any atom is -0.494 e. The molecule has 0 spiro atoms. The highest BCUT2D eigenvalue weighted by Crippen LogP contribution is 2.34. The molecule has 0 aliphatic carbocycles. The molecular formula is C27H31N7O4. The Bertz CT molecular complexity index is 1690. The SMILES string of the molecule is CN1CCN(c2cc3c(cc2N=Cc2c(O)n(CCc4ccccc4)c(=O)[nH]c2=O)n(C)c(=O)n3C)CC1. The van der Waals surface area contributed by atoms with Gasteiger partial charge in [0.15, 0.2) is 0 Å². The summed E-state index contributed by atoms with van der Waals surface area (Å²) in [5.41, 5.74) is 2.21. The van der Waals surface area contributed by atoms with Gasteiger partial charge in [-0.1, -0.05) is 30.3 Å².